The Kier molecular flexibility index (Phi) is 4.03. The molecule has 1 aliphatic heterocycles. The van der Waals surface area contributed by atoms with E-state index in [2.05, 4.69) is 32.4 Å². The average molecular weight is 369 g/mol. The van der Waals surface area contributed by atoms with E-state index in [1.165, 1.54) is 0 Å². The first kappa shape index (κ1) is 16.8. The molecule has 9 heteroatoms. The molecule has 0 aromatic carbocycles. The number of carbonyl (C=O) groups is 1. The number of aromatic nitrogens is 6. The summed E-state index contributed by atoms with van der Waals surface area (Å²) in [6.45, 7) is 6.00. The lowest BCUT2D eigenvalue weighted by atomic mass is 10.0. The highest BCUT2D eigenvalue weighted by atomic mass is 32.2. The Morgan fingerprint density at radius 3 is 2.46 bits per heavy atom. The van der Waals surface area contributed by atoms with E-state index in [1.807, 2.05) is 25.6 Å². The normalized spacial score (nSPS) is 16.9. The first-order chi connectivity index (χ1) is 12.5. The van der Waals surface area contributed by atoms with Crippen LogP contribution in [0, 0.1) is 20.8 Å². The number of hydrogen-bond acceptors (Lipinski definition) is 6. The molecule has 0 saturated heterocycles. The van der Waals surface area contributed by atoms with Gasteiger partial charge in [0.1, 0.15) is 5.82 Å². The van der Waals surface area contributed by atoms with Crippen molar-refractivity contribution in [3.05, 3.63) is 46.7 Å². The Bertz CT molecular complexity index is 992. The second-order valence-electron chi connectivity index (χ2n) is 6.26. The van der Waals surface area contributed by atoms with Crippen molar-refractivity contribution in [2.24, 2.45) is 7.05 Å². The van der Waals surface area contributed by atoms with E-state index in [-0.39, 0.29) is 11.2 Å². The van der Waals surface area contributed by atoms with Crippen LogP contribution >= 0.6 is 11.8 Å². The molecule has 1 aliphatic rings. The molecule has 0 radical (unpaired) electrons. The van der Waals surface area contributed by atoms with Crippen LogP contribution in [0.3, 0.4) is 0 Å². The van der Waals surface area contributed by atoms with Crippen molar-refractivity contribution in [1.29, 1.82) is 0 Å². The smallest absolute Gasteiger partial charge is 0.252 e. The van der Waals surface area contributed by atoms with Gasteiger partial charge in [-0.25, -0.2) is 9.97 Å². The Balaban J connectivity index is 1.94. The average Bonchev–Trinajstić information content (AvgIpc) is 2.99. The van der Waals surface area contributed by atoms with Gasteiger partial charge in [0.25, 0.3) is 5.95 Å². The van der Waals surface area contributed by atoms with Crippen molar-refractivity contribution >= 4 is 23.5 Å². The maximum Gasteiger partial charge on any atom is 0.252 e. The SMILES string of the molecule is Cc1nn(C)c(C)c1C1SCC(=O)Nc2c1c(C)nn2-c1ncccn1. The maximum atomic E-state index is 12.4. The highest BCUT2D eigenvalue weighted by molar-refractivity contribution is 8.00. The van der Waals surface area contributed by atoms with Crippen LogP contribution in [0.1, 0.15) is 33.5 Å². The van der Waals surface area contributed by atoms with Gasteiger partial charge in [-0.05, 0) is 26.8 Å². The first-order valence-electron chi connectivity index (χ1n) is 8.25. The minimum Gasteiger partial charge on any atom is -0.309 e. The second kappa shape index (κ2) is 6.24. The summed E-state index contributed by atoms with van der Waals surface area (Å²) in [6.07, 6.45) is 3.32. The van der Waals surface area contributed by atoms with Crippen LogP contribution in [0.4, 0.5) is 5.82 Å². The number of thioether (sulfide) groups is 1. The molecular weight excluding hydrogens is 350 g/mol. The third kappa shape index (κ3) is 2.59. The topological polar surface area (TPSA) is 90.5 Å². The fraction of sp³-hybridized carbons (Fsp3) is 0.353. The molecule has 0 bridgehead atoms. The summed E-state index contributed by atoms with van der Waals surface area (Å²) in [5, 5.41) is 12.1. The van der Waals surface area contributed by atoms with Crippen LogP contribution in [0.5, 0.6) is 0 Å². The summed E-state index contributed by atoms with van der Waals surface area (Å²) in [4.78, 5) is 20.9. The maximum absolute atomic E-state index is 12.4. The molecule has 0 saturated carbocycles. The molecule has 8 nitrogen and oxygen atoms in total. The van der Waals surface area contributed by atoms with Gasteiger partial charge in [-0.3, -0.25) is 9.48 Å². The predicted molar refractivity (Wildman–Crippen MR) is 99.5 cm³/mol. The van der Waals surface area contributed by atoms with Crippen LogP contribution in [0.15, 0.2) is 18.5 Å². The molecule has 134 valence electrons. The summed E-state index contributed by atoms with van der Waals surface area (Å²) in [5.74, 6) is 1.37. The van der Waals surface area contributed by atoms with Crippen LogP contribution < -0.4 is 5.32 Å². The van der Waals surface area contributed by atoms with E-state index in [4.69, 9.17) is 0 Å². The van der Waals surface area contributed by atoms with E-state index < -0.39 is 0 Å². The van der Waals surface area contributed by atoms with Crippen molar-refractivity contribution < 1.29 is 4.79 Å². The van der Waals surface area contributed by atoms with Crippen molar-refractivity contribution in [2.45, 2.75) is 26.0 Å². The quantitative estimate of drug-likeness (QED) is 0.744. The van der Waals surface area contributed by atoms with Gasteiger partial charge >= 0.3 is 0 Å². The third-order valence-corrected chi connectivity index (χ3v) is 5.81. The van der Waals surface area contributed by atoms with Gasteiger partial charge in [0.05, 0.1) is 22.4 Å². The summed E-state index contributed by atoms with van der Waals surface area (Å²) >= 11 is 1.59. The van der Waals surface area contributed by atoms with Crippen LogP contribution in [-0.2, 0) is 11.8 Å². The van der Waals surface area contributed by atoms with Crippen LogP contribution in [0.2, 0.25) is 0 Å². The number of hydrogen-bond donors (Lipinski definition) is 1. The zero-order valence-electron chi connectivity index (χ0n) is 15.0. The number of carbonyl (C=O) groups excluding carboxylic acids is 1. The number of nitrogens with one attached hydrogen (secondary N) is 1. The summed E-state index contributed by atoms with van der Waals surface area (Å²) in [7, 11) is 1.94. The van der Waals surface area contributed by atoms with Gasteiger partial charge in [0.15, 0.2) is 0 Å². The number of anilines is 1. The fourth-order valence-corrected chi connectivity index (χ4v) is 4.67. The van der Waals surface area contributed by atoms with E-state index >= 15 is 0 Å². The van der Waals surface area contributed by atoms with E-state index in [0.29, 0.717) is 17.5 Å². The molecule has 0 fully saturated rings. The lowest BCUT2D eigenvalue weighted by Gasteiger charge is -2.15. The highest BCUT2D eigenvalue weighted by Crippen LogP contribution is 2.45. The fourth-order valence-electron chi connectivity index (χ4n) is 3.33. The van der Waals surface area contributed by atoms with Gasteiger partial charge in [-0.2, -0.15) is 14.9 Å². The number of nitrogens with zero attached hydrogens (tertiary/aromatic N) is 6. The molecule has 1 N–H and O–H groups in total. The Morgan fingerprint density at radius 1 is 1.12 bits per heavy atom. The summed E-state index contributed by atoms with van der Waals surface area (Å²) < 4.78 is 3.49. The van der Waals surface area contributed by atoms with Gasteiger partial charge in [-0.15, -0.1) is 11.8 Å². The highest BCUT2D eigenvalue weighted by Gasteiger charge is 2.33. The largest absolute Gasteiger partial charge is 0.309 e. The van der Waals surface area contributed by atoms with Crippen LogP contribution in [-0.4, -0.2) is 41.2 Å². The first-order valence-corrected chi connectivity index (χ1v) is 9.30. The molecular formula is C17H19N7OS. The zero-order chi connectivity index (χ0) is 18.4. The molecule has 1 amide bonds. The monoisotopic (exact) mass is 369 g/mol. The standard InChI is InChI=1S/C17H19N7OS/c1-9-13(11(3)23(4)21-9)15-14-10(2)22-24(17-18-6-5-7-19-17)16(14)20-12(25)8-26-15/h5-7,15H,8H2,1-4H3,(H,20,25). The minimum atomic E-state index is -0.0602. The molecule has 3 aromatic heterocycles. The van der Waals surface area contributed by atoms with Crippen molar-refractivity contribution in [2.75, 3.05) is 11.1 Å². The molecule has 1 atom stereocenters. The molecule has 1 unspecified atom stereocenters. The third-order valence-electron chi connectivity index (χ3n) is 4.58. The minimum absolute atomic E-state index is 0.0323. The molecule has 4 heterocycles. The number of amides is 1. The summed E-state index contributed by atoms with van der Waals surface area (Å²) in [5.41, 5.74) is 5.00. The van der Waals surface area contributed by atoms with Crippen LogP contribution in [0.25, 0.3) is 5.95 Å². The van der Waals surface area contributed by atoms with Gasteiger partial charge in [0.2, 0.25) is 5.91 Å². The van der Waals surface area contributed by atoms with Gasteiger partial charge in [-0.1, -0.05) is 0 Å². The number of rotatable bonds is 2. The lowest BCUT2D eigenvalue weighted by molar-refractivity contribution is -0.113. The number of aryl methyl sites for hydroxylation is 3. The van der Waals surface area contributed by atoms with E-state index in [0.717, 1.165) is 28.2 Å². The summed E-state index contributed by atoms with van der Waals surface area (Å²) in [6, 6.07) is 1.75. The molecule has 26 heavy (non-hydrogen) atoms. The molecule has 0 spiro atoms. The Morgan fingerprint density at radius 2 is 1.81 bits per heavy atom. The van der Waals surface area contributed by atoms with E-state index in [9.17, 15) is 4.79 Å². The zero-order valence-corrected chi connectivity index (χ0v) is 15.8. The van der Waals surface area contributed by atoms with E-state index in [1.54, 1.807) is 34.9 Å². The lowest BCUT2D eigenvalue weighted by Crippen LogP contribution is -2.16. The number of fused-ring (bicyclic) bond motifs is 1. The Hall–Kier alpha value is -2.68. The van der Waals surface area contributed by atoms with Crippen molar-refractivity contribution in [3.63, 3.8) is 0 Å². The van der Waals surface area contributed by atoms with Gasteiger partial charge < -0.3 is 5.32 Å². The Labute approximate surface area is 155 Å². The molecule has 4 rings (SSSR count). The second-order valence-corrected chi connectivity index (χ2v) is 7.35. The predicted octanol–water partition coefficient (Wildman–Crippen LogP) is 2.10. The van der Waals surface area contributed by atoms with Crippen molar-refractivity contribution in [1.82, 2.24) is 29.5 Å². The molecule has 0 aliphatic carbocycles. The van der Waals surface area contributed by atoms with Gasteiger partial charge in [0, 0.05) is 36.3 Å². The van der Waals surface area contributed by atoms with Crippen molar-refractivity contribution in [3.8, 4) is 5.95 Å². The molecule has 3 aromatic rings.